The Morgan fingerprint density at radius 1 is 1.35 bits per heavy atom. The predicted octanol–water partition coefficient (Wildman–Crippen LogP) is 1.36. The predicted molar refractivity (Wildman–Crippen MR) is 68.8 cm³/mol. The van der Waals surface area contributed by atoms with Crippen LogP contribution >= 0.6 is 0 Å². The van der Waals surface area contributed by atoms with Crippen LogP contribution < -0.4 is 11.1 Å². The molecule has 2 rings (SSSR count). The molecule has 0 aliphatic heterocycles. The number of nitrogens with one attached hydrogen (secondary N) is 1. The van der Waals surface area contributed by atoms with Gasteiger partial charge < -0.3 is 15.6 Å². The Hall–Kier alpha value is -2.04. The molecular weight excluding hydrogens is 214 g/mol. The SMILES string of the molecule is Cc1cc(N)cc(NCCc2nncn2C)c1. The Labute approximate surface area is 101 Å². The minimum Gasteiger partial charge on any atom is -0.399 e. The topological polar surface area (TPSA) is 68.8 Å². The van der Waals surface area contributed by atoms with Gasteiger partial charge in [-0.3, -0.25) is 0 Å². The maximum atomic E-state index is 5.78. The molecule has 0 aliphatic rings. The quantitative estimate of drug-likeness (QED) is 0.780. The molecule has 0 saturated carbocycles. The van der Waals surface area contributed by atoms with E-state index in [1.54, 1.807) is 6.33 Å². The number of aromatic nitrogens is 3. The van der Waals surface area contributed by atoms with Crippen molar-refractivity contribution in [1.82, 2.24) is 14.8 Å². The summed E-state index contributed by atoms with van der Waals surface area (Å²) in [5, 5.41) is 11.2. The molecule has 17 heavy (non-hydrogen) atoms. The molecule has 1 aromatic carbocycles. The van der Waals surface area contributed by atoms with Crippen molar-refractivity contribution in [1.29, 1.82) is 0 Å². The van der Waals surface area contributed by atoms with E-state index in [2.05, 4.69) is 21.6 Å². The Morgan fingerprint density at radius 2 is 2.18 bits per heavy atom. The zero-order valence-corrected chi connectivity index (χ0v) is 10.1. The van der Waals surface area contributed by atoms with E-state index in [0.717, 1.165) is 35.7 Å². The zero-order valence-electron chi connectivity index (χ0n) is 10.1. The number of anilines is 2. The number of benzene rings is 1. The number of hydrogen-bond acceptors (Lipinski definition) is 4. The van der Waals surface area contributed by atoms with E-state index in [9.17, 15) is 0 Å². The van der Waals surface area contributed by atoms with Crippen LogP contribution in [0.15, 0.2) is 24.5 Å². The van der Waals surface area contributed by atoms with Gasteiger partial charge in [0.15, 0.2) is 0 Å². The third kappa shape index (κ3) is 2.96. The summed E-state index contributed by atoms with van der Waals surface area (Å²) in [7, 11) is 1.94. The second kappa shape index (κ2) is 4.86. The molecule has 0 unspecified atom stereocenters. The zero-order chi connectivity index (χ0) is 12.3. The summed E-state index contributed by atoms with van der Waals surface area (Å²) in [5.74, 6) is 0.970. The highest BCUT2D eigenvalue weighted by molar-refractivity contribution is 5.56. The first kappa shape index (κ1) is 11.4. The van der Waals surface area contributed by atoms with Gasteiger partial charge in [-0.15, -0.1) is 10.2 Å². The first-order valence-corrected chi connectivity index (χ1v) is 5.59. The second-order valence-electron chi connectivity index (χ2n) is 4.17. The van der Waals surface area contributed by atoms with Crippen molar-refractivity contribution >= 4 is 11.4 Å². The Bertz CT molecular complexity index is 483. The van der Waals surface area contributed by atoms with Crippen molar-refractivity contribution in [3.63, 3.8) is 0 Å². The lowest BCUT2D eigenvalue weighted by Gasteiger charge is -2.08. The summed E-state index contributed by atoms with van der Waals surface area (Å²) in [4.78, 5) is 0. The minimum absolute atomic E-state index is 0.783. The number of nitrogens with zero attached hydrogens (tertiary/aromatic N) is 3. The average Bonchev–Trinajstić information content (AvgIpc) is 2.63. The molecule has 1 heterocycles. The summed E-state index contributed by atoms with van der Waals surface area (Å²) in [6.07, 6.45) is 2.55. The standard InChI is InChI=1S/C12H17N5/c1-9-5-10(13)7-11(6-9)14-4-3-12-16-15-8-17(12)2/h5-8,14H,3-4,13H2,1-2H3. The molecule has 0 amide bonds. The van der Waals surface area contributed by atoms with Crippen molar-refractivity contribution in [2.24, 2.45) is 7.05 Å². The van der Waals surface area contributed by atoms with E-state index in [4.69, 9.17) is 5.73 Å². The fourth-order valence-electron chi connectivity index (χ4n) is 1.77. The highest BCUT2D eigenvalue weighted by atomic mass is 15.2. The monoisotopic (exact) mass is 231 g/mol. The van der Waals surface area contributed by atoms with Crippen molar-refractivity contribution in [2.45, 2.75) is 13.3 Å². The van der Waals surface area contributed by atoms with Crippen LogP contribution in [0.1, 0.15) is 11.4 Å². The number of hydrogen-bond donors (Lipinski definition) is 2. The van der Waals surface area contributed by atoms with Crippen LogP contribution in [-0.4, -0.2) is 21.3 Å². The number of rotatable bonds is 4. The van der Waals surface area contributed by atoms with E-state index in [-0.39, 0.29) is 0 Å². The number of nitrogens with two attached hydrogens (primary N) is 1. The van der Waals surface area contributed by atoms with Crippen LogP contribution in [0, 0.1) is 6.92 Å². The van der Waals surface area contributed by atoms with Crippen LogP contribution in [0.5, 0.6) is 0 Å². The van der Waals surface area contributed by atoms with Crippen LogP contribution in [-0.2, 0) is 13.5 Å². The summed E-state index contributed by atoms with van der Waals surface area (Å²) in [6.45, 7) is 2.85. The van der Waals surface area contributed by atoms with Gasteiger partial charge >= 0.3 is 0 Å². The summed E-state index contributed by atoms with van der Waals surface area (Å²) < 4.78 is 1.92. The van der Waals surface area contributed by atoms with Gasteiger partial charge in [0.1, 0.15) is 12.2 Å². The molecule has 5 heteroatoms. The van der Waals surface area contributed by atoms with Crippen LogP contribution in [0.25, 0.3) is 0 Å². The number of nitrogen functional groups attached to an aromatic ring is 1. The van der Waals surface area contributed by atoms with Crippen LogP contribution in [0.4, 0.5) is 11.4 Å². The molecule has 0 radical (unpaired) electrons. The van der Waals surface area contributed by atoms with E-state index in [1.807, 2.05) is 30.7 Å². The second-order valence-corrected chi connectivity index (χ2v) is 4.17. The fourth-order valence-corrected chi connectivity index (χ4v) is 1.77. The molecule has 0 aliphatic carbocycles. The lowest BCUT2D eigenvalue weighted by atomic mass is 10.2. The Kier molecular flexibility index (Phi) is 3.27. The molecule has 90 valence electrons. The van der Waals surface area contributed by atoms with E-state index < -0.39 is 0 Å². The maximum Gasteiger partial charge on any atom is 0.134 e. The normalized spacial score (nSPS) is 10.5. The number of aryl methyl sites for hydroxylation is 2. The molecule has 3 N–H and O–H groups in total. The van der Waals surface area contributed by atoms with E-state index >= 15 is 0 Å². The Morgan fingerprint density at radius 3 is 2.82 bits per heavy atom. The lowest BCUT2D eigenvalue weighted by Crippen LogP contribution is -2.09. The summed E-state index contributed by atoms with van der Waals surface area (Å²) in [5.41, 5.74) is 8.77. The summed E-state index contributed by atoms with van der Waals surface area (Å²) >= 11 is 0. The van der Waals surface area contributed by atoms with Gasteiger partial charge in [-0.2, -0.15) is 0 Å². The van der Waals surface area contributed by atoms with Gasteiger partial charge in [0.25, 0.3) is 0 Å². The molecule has 1 aromatic heterocycles. The van der Waals surface area contributed by atoms with Gasteiger partial charge in [-0.1, -0.05) is 0 Å². The third-order valence-electron chi connectivity index (χ3n) is 2.58. The van der Waals surface area contributed by atoms with Crippen molar-refractivity contribution in [3.05, 3.63) is 35.9 Å². The maximum absolute atomic E-state index is 5.78. The van der Waals surface area contributed by atoms with E-state index in [0.29, 0.717) is 0 Å². The van der Waals surface area contributed by atoms with Gasteiger partial charge in [-0.25, -0.2) is 0 Å². The molecule has 0 saturated heterocycles. The van der Waals surface area contributed by atoms with Crippen LogP contribution in [0.3, 0.4) is 0 Å². The summed E-state index contributed by atoms with van der Waals surface area (Å²) in [6, 6.07) is 5.96. The average molecular weight is 231 g/mol. The largest absolute Gasteiger partial charge is 0.399 e. The van der Waals surface area contributed by atoms with Gasteiger partial charge in [-0.05, 0) is 30.7 Å². The van der Waals surface area contributed by atoms with Crippen molar-refractivity contribution < 1.29 is 0 Å². The van der Waals surface area contributed by atoms with Gasteiger partial charge in [0, 0.05) is 31.4 Å². The molecular formula is C12H17N5. The molecule has 0 fully saturated rings. The van der Waals surface area contributed by atoms with Crippen LogP contribution in [0.2, 0.25) is 0 Å². The highest BCUT2D eigenvalue weighted by Gasteiger charge is 2.00. The van der Waals surface area contributed by atoms with Gasteiger partial charge in [0.05, 0.1) is 0 Å². The smallest absolute Gasteiger partial charge is 0.134 e. The third-order valence-corrected chi connectivity index (χ3v) is 2.58. The highest BCUT2D eigenvalue weighted by Crippen LogP contribution is 2.15. The Balaban J connectivity index is 1.92. The van der Waals surface area contributed by atoms with Crippen molar-refractivity contribution in [3.8, 4) is 0 Å². The molecule has 2 aromatic rings. The first-order valence-electron chi connectivity index (χ1n) is 5.59. The molecule has 0 atom stereocenters. The van der Waals surface area contributed by atoms with Crippen molar-refractivity contribution in [2.75, 3.05) is 17.6 Å². The lowest BCUT2D eigenvalue weighted by molar-refractivity contribution is 0.788. The van der Waals surface area contributed by atoms with Gasteiger partial charge in [0.2, 0.25) is 0 Å². The fraction of sp³-hybridized carbons (Fsp3) is 0.333. The molecule has 0 bridgehead atoms. The minimum atomic E-state index is 0.783. The first-order chi connectivity index (χ1) is 8.15. The molecule has 0 spiro atoms. The molecule has 5 nitrogen and oxygen atoms in total. The van der Waals surface area contributed by atoms with E-state index in [1.165, 1.54) is 0 Å².